The van der Waals surface area contributed by atoms with Gasteiger partial charge in [0.2, 0.25) is 0 Å². The molecule has 1 aromatic carbocycles. The zero-order chi connectivity index (χ0) is 13.7. The molecule has 19 heavy (non-hydrogen) atoms. The fourth-order valence-corrected chi connectivity index (χ4v) is 2.10. The lowest BCUT2D eigenvalue weighted by atomic mass is 10.2. The minimum Gasteiger partial charge on any atom is -0.373 e. The summed E-state index contributed by atoms with van der Waals surface area (Å²) in [7, 11) is 1.86. The second-order valence-electron chi connectivity index (χ2n) is 4.22. The molecule has 0 saturated heterocycles. The molecule has 0 saturated carbocycles. The number of aromatic nitrogens is 1. The molecule has 100 valence electrons. The van der Waals surface area contributed by atoms with Gasteiger partial charge >= 0.3 is 0 Å². The Morgan fingerprint density at radius 2 is 1.89 bits per heavy atom. The quantitative estimate of drug-likeness (QED) is 0.900. The predicted molar refractivity (Wildman–Crippen MR) is 82.0 cm³/mol. The average Bonchev–Trinajstić information content (AvgIpc) is 2.47. The molecular formula is C15H18ClN3. The minimum atomic E-state index is 0.702. The Morgan fingerprint density at radius 1 is 1.16 bits per heavy atom. The van der Waals surface area contributed by atoms with Crippen molar-refractivity contribution in [2.45, 2.75) is 13.5 Å². The number of hydrogen-bond acceptors (Lipinski definition) is 3. The van der Waals surface area contributed by atoms with Crippen molar-refractivity contribution in [3.63, 3.8) is 0 Å². The standard InChI is InChI=1S/C15H18ClN3/c1-3-19(12-7-5-4-6-8-12)11-14-13(16)9-10-15(17-2)18-14/h4-10H,3,11H2,1-2H3,(H,17,18). The third-order valence-corrected chi connectivity index (χ3v) is 3.36. The fraction of sp³-hybridized carbons (Fsp3) is 0.267. The SMILES string of the molecule is CCN(Cc1nc(NC)ccc1Cl)c1ccccc1. The number of halogens is 1. The van der Waals surface area contributed by atoms with Gasteiger partial charge < -0.3 is 10.2 Å². The molecule has 1 aromatic heterocycles. The summed E-state index contributed by atoms with van der Waals surface area (Å²) in [5.74, 6) is 0.837. The zero-order valence-corrected chi connectivity index (χ0v) is 12.0. The molecule has 0 radical (unpaired) electrons. The third kappa shape index (κ3) is 3.38. The minimum absolute atomic E-state index is 0.702. The van der Waals surface area contributed by atoms with E-state index >= 15 is 0 Å². The van der Waals surface area contributed by atoms with Gasteiger partial charge in [-0.05, 0) is 31.2 Å². The maximum Gasteiger partial charge on any atom is 0.126 e. The summed E-state index contributed by atoms with van der Waals surface area (Å²) in [5.41, 5.74) is 2.07. The zero-order valence-electron chi connectivity index (χ0n) is 11.2. The van der Waals surface area contributed by atoms with Gasteiger partial charge in [-0.2, -0.15) is 0 Å². The monoisotopic (exact) mass is 275 g/mol. The topological polar surface area (TPSA) is 28.2 Å². The summed E-state index contributed by atoms with van der Waals surface area (Å²) in [6, 6.07) is 14.1. The molecule has 0 unspecified atom stereocenters. The van der Waals surface area contributed by atoms with Gasteiger partial charge in [0.05, 0.1) is 17.3 Å². The Kier molecular flexibility index (Phi) is 4.63. The van der Waals surface area contributed by atoms with Gasteiger partial charge in [-0.3, -0.25) is 0 Å². The molecule has 1 N–H and O–H groups in total. The smallest absolute Gasteiger partial charge is 0.126 e. The number of hydrogen-bond donors (Lipinski definition) is 1. The van der Waals surface area contributed by atoms with Crippen LogP contribution in [0.5, 0.6) is 0 Å². The number of nitrogens with zero attached hydrogens (tertiary/aromatic N) is 2. The molecule has 0 aliphatic carbocycles. The van der Waals surface area contributed by atoms with E-state index < -0.39 is 0 Å². The van der Waals surface area contributed by atoms with Crippen LogP contribution in [0.3, 0.4) is 0 Å². The molecule has 2 aromatic rings. The second-order valence-corrected chi connectivity index (χ2v) is 4.63. The third-order valence-electron chi connectivity index (χ3n) is 3.02. The van der Waals surface area contributed by atoms with Gasteiger partial charge in [-0.25, -0.2) is 4.98 Å². The van der Waals surface area contributed by atoms with Crippen LogP contribution >= 0.6 is 11.6 Å². The molecule has 0 amide bonds. The first kappa shape index (κ1) is 13.7. The van der Waals surface area contributed by atoms with E-state index in [4.69, 9.17) is 11.6 Å². The predicted octanol–water partition coefficient (Wildman–Crippen LogP) is 3.80. The molecule has 0 atom stereocenters. The van der Waals surface area contributed by atoms with Crippen LogP contribution in [0.1, 0.15) is 12.6 Å². The molecule has 0 aliphatic rings. The molecule has 0 spiro atoms. The highest BCUT2D eigenvalue weighted by Crippen LogP contribution is 2.21. The number of benzene rings is 1. The van der Waals surface area contributed by atoms with E-state index in [9.17, 15) is 0 Å². The molecule has 0 fully saturated rings. The summed E-state index contributed by atoms with van der Waals surface area (Å²) >= 11 is 6.22. The van der Waals surface area contributed by atoms with Gasteiger partial charge in [0.15, 0.2) is 0 Å². The summed E-state index contributed by atoms with van der Waals surface area (Å²) in [6.45, 7) is 3.74. The van der Waals surface area contributed by atoms with E-state index in [1.54, 1.807) is 0 Å². The van der Waals surface area contributed by atoms with Crippen LogP contribution in [0.25, 0.3) is 0 Å². The maximum absolute atomic E-state index is 6.22. The summed E-state index contributed by atoms with van der Waals surface area (Å²) in [4.78, 5) is 6.76. The Hall–Kier alpha value is -1.74. The van der Waals surface area contributed by atoms with Gasteiger partial charge in [0.25, 0.3) is 0 Å². The fourth-order valence-electron chi connectivity index (χ4n) is 1.94. The van der Waals surface area contributed by atoms with E-state index in [0.717, 1.165) is 18.1 Å². The summed E-state index contributed by atoms with van der Waals surface area (Å²) in [6.07, 6.45) is 0. The highest BCUT2D eigenvalue weighted by molar-refractivity contribution is 6.31. The van der Waals surface area contributed by atoms with E-state index in [-0.39, 0.29) is 0 Å². The number of anilines is 2. The molecule has 3 nitrogen and oxygen atoms in total. The van der Waals surface area contributed by atoms with E-state index in [1.165, 1.54) is 5.69 Å². The van der Waals surface area contributed by atoms with Crippen molar-refractivity contribution < 1.29 is 0 Å². The lowest BCUT2D eigenvalue weighted by Gasteiger charge is -2.23. The van der Waals surface area contributed by atoms with E-state index in [2.05, 4.69) is 34.3 Å². The Balaban J connectivity index is 2.23. The molecule has 4 heteroatoms. The molecule has 0 bridgehead atoms. The normalized spacial score (nSPS) is 10.3. The van der Waals surface area contributed by atoms with Gasteiger partial charge in [-0.1, -0.05) is 29.8 Å². The number of rotatable bonds is 5. The summed E-state index contributed by atoms with van der Waals surface area (Å²) < 4.78 is 0. The van der Waals surface area contributed by atoms with Crippen LogP contribution in [-0.2, 0) is 6.54 Å². The van der Waals surface area contributed by atoms with E-state index in [0.29, 0.717) is 11.6 Å². The highest BCUT2D eigenvalue weighted by atomic mass is 35.5. The number of para-hydroxylation sites is 1. The van der Waals surface area contributed by atoms with Crippen LogP contribution in [0.4, 0.5) is 11.5 Å². The molecule has 2 rings (SSSR count). The molecular weight excluding hydrogens is 258 g/mol. The van der Waals surface area contributed by atoms with Crippen molar-refractivity contribution in [2.24, 2.45) is 0 Å². The Labute approximate surface area is 119 Å². The lowest BCUT2D eigenvalue weighted by Crippen LogP contribution is -2.22. The van der Waals surface area contributed by atoms with Crippen molar-refractivity contribution in [3.8, 4) is 0 Å². The van der Waals surface area contributed by atoms with Crippen molar-refractivity contribution in [3.05, 3.63) is 53.2 Å². The van der Waals surface area contributed by atoms with Crippen molar-refractivity contribution in [2.75, 3.05) is 23.8 Å². The Morgan fingerprint density at radius 3 is 2.53 bits per heavy atom. The van der Waals surface area contributed by atoms with Crippen molar-refractivity contribution >= 4 is 23.1 Å². The second kappa shape index (κ2) is 6.43. The maximum atomic E-state index is 6.22. The molecule has 0 aliphatic heterocycles. The van der Waals surface area contributed by atoms with Crippen LogP contribution in [0, 0.1) is 0 Å². The van der Waals surface area contributed by atoms with Crippen LogP contribution < -0.4 is 10.2 Å². The van der Waals surface area contributed by atoms with Crippen molar-refractivity contribution in [1.82, 2.24) is 4.98 Å². The number of nitrogens with one attached hydrogen (secondary N) is 1. The first-order chi connectivity index (χ1) is 9.24. The Bertz CT molecular complexity index is 528. The molecule has 1 heterocycles. The number of pyridine rings is 1. The van der Waals surface area contributed by atoms with Crippen molar-refractivity contribution in [1.29, 1.82) is 0 Å². The van der Waals surface area contributed by atoms with Crippen LogP contribution in [-0.4, -0.2) is 18.6 Å². The highest BCUT2D eigenvalue weighted by Gasteiger charge is 2.09. The van der Waals surface area contributed by atoms with E-state index in [1.807, 2.05) is 37.4 Å². The van der Waals surface area contributed by atoms with Gasteiger partial charge in [-0.15, -0.1) is 0 Å². The largest absolute Gasteiger partial charge is 0.373 e. The first-order valence-electron chi connectivity index (χ1n) is 6.37. The van der Waals surface area contributed by atoms with Crippen LogP contribution in [0.2, 0.25) is 5.02 Å². The van der Waals surface area contributed by atoms with Gasteiger partial charge in [0, 0.05) is 19.3 Å². The first-order valence-corrected chi connectivity index (χ1v) is 6.75. The lowest BCUT2D eigenvalue weighted by molar-refractivity contribution is 0.811. The van der Waals surface area contributed by atoms with Crippen LogP contribution in [0.15, 0.2) is 42.5 Å². The average molecular weight is 276 g/mol. The van der Waals surface area contributed by atoms with Gasteiger partial charge in [0.1, 0.15) is 5.82 Å². The summed E-state index contributed by atoms with van der Waals surface area (Å²) in [5, 5.41) is 3.74.